The lowest BCUT2D eigenvalue weighted by molar-refractivity contribution is -0.279. The first-order valence-electron chi connectivity index (χ1n) is 12.7. The smallest absolute Gasteiger partial charge is 0.417 e. The summed E-state index contributed by atoms with van der Waals surface area (Å²) in [5, 5.41) is 29.5. The zero-order valence-corrected chi connectivity index (χ0v) is 21.1. The highest BCUT2D eigenvalue weighted by Gasteiger charge is 2.58. The summed E-state index contributed by atoms with van der Waals surface area (Å²) in [7, 11) is 1.40. The summed E-state index contributed by atoms with van der Waals surface area (Å²) >= 11 is 0. The number of halogens is 4. The zero-order chi connectivity index (χ0) is 28.2. The number of nitrogens with zero attached hydrogens (tertiary/aromatic N) is 3. The molecule has 0 unspecified atom stereocenters. The molecule has 0 bridgehead atoms. The standard InChI is InChI=1S/C25H29F4N5O5/c1-39-20-8-14(15(26)12-30-20)17-9-18(33-32-17)22(37)34-7-3-13(10-23(34)5-6-23)21(36)31-16-2-4-24(38,11-19(16)35)25(27,28)29/h8-9,12-13,16,19,35,38H,2-7,10-11H2,1H3,(H,31,36)(H,32,33)/t13-,16-,19-,24+/m0/s1. The Hall–Kier alpha value is -3.26. The monoisotopic (exact) mass is 555 g/mol. The van der Waals surface area contributed by atoms with Crippen molar-refractivity contribution in [2.24, 2.45) is 5.92 Å². The van der Waals surface area contributed by atoms with Crippen molar-refractivity contribution in [3.05, 3.63) is 29.8 Å². The van der Waals surface area contributed by atoms with Gasteiger partial charge in [-0.05, 0) is 44.6 Å². The number of hydrogen-bond acceptors (Lipinski definition) is 7. The summed E-state index contributed by atoms with van der Waals surface area (Å²) in [6, 6.07) is 1.93. The van der Waals surface area contributed by atoms with E-state index in [0.717, 1.165) is 6.20 Å². The molecule has 5 rings (SSSR count). The third-order valence-electron chi connectivity index (χ3n) is 8.21. The predicted octanol–water partition coefficient (Wildman–Crippen LogP) is 2.33. The second-order valence-electron chi connectivity index (χ2n) is 10.7. The summed E-state index contributed by atoms with van der Waals surface area (Å²) in [5.74, 6) is -1.65. The van der Waals surface area contributed by atoms with Crippen LogP contribution < -0.4 is 10.1 Å². The minimum absolute atomic E-state index is 0.0943. The van der Waals surface area contributed by atoms with E-state index in [4.69, 9.17) is 4.74 Å². The Morgan fingerprint density at radius 2 is 1.95 bits per heavy atom. The van der Waals surface area contributed by atoms with Crippen molar-refractivity contribution in [1.29, 1.82) is 0 Å². The van der Waals surface area contributed by atoms with E-state index in [-0.39, 0.29) is 47.6 Å². The van der Waals surface area contributed by atoms with E-state index >= 15 is 0 Å². The number of rotatable bonds is 5. The highest BCUT2D eigenvalue weighted by Crippen LogP contribution is 2.50. The predicted molar refractivity (Wildman–Crippen MR) is 127 cm³/mol. The van der Waals surface area contributed by atoms with E-state index in [1.807, 2.05) is 0 Å². The summed E-state index contributed by atoms with van der Waals surface area (Å²) < 4.78 is 58.7. The number of hydrogen-bond donors (Lipinski definition) is 4. The van der Waals surface area contributed by atoms with Crippen LogP contribution in [0.1, 0.15) is 55.4 Å². The van der Waals surface area contributed by atoms with Gasteiger partial charge in [0.2, 0.25) is 11.8 Å². The summed E-state index contributed by atoms with van der Waals surface area (Å²) in [6.07, 6.45) is -5.07. The number of nitrogens with one attached hydrogen (secondary N) is 2. The van der Waals surface area contributed by atoms with Crippen molar-refractivity contribution in [3.63, 3.8) is 0 Å². The van der Waals surface area contributed by atoms with Gasteiger partial charge in [-0.3, -0.25) is 14.7 Å². The molecule has 2 aromatic heterocycles. The van der Waals surface area contributed by atoms with Crippen LogP contribution in [-0.4, -0.2) is 85.2 Å². The molecule has 1 saturated heterocycles. The largest absolute Gasteiger partial charge is 0.481 e. The van der Waals surface area contributed by atoms with Crippen molar-refractivity contribution >= 4 is 11.8 Å². The highest BCUT2D eigenvalue weighted by atomic mass is 19.4. The van der Waals surface area contributed by atoms with Gasteiger partial charge in [0.1, 0.15) is 0 Å². The van der Waals surface area contributed by atoms with Crippen LogP contribution in [-0.2, 0) is 4.79 Å². The van der Waals surface area contributed by atoms with Crippen LogP contribution in [0.3, 0.4) is 0 Å². The van der Waals surface area contributed by atoms with E-state index in [1.165, 1.54) is 19.2 Å². The number of aliphatic hydroxyl groups is 2. The molecule has 1 aliphatic heterocycles. The van der Waals surface area contributed by atoms with Crippen molar-refractivity contribution in [3.8, 4) is 17.1 Å². The normalized spacial score (nSPS) is 28.3. The molecule has 4 N–H and O–H groups in total. The zero-order valence-electron chi connectivity index (χ0n) is 21.1. The fourth-order valence-electron chi connectivity index (χ4n) is 5.70. The number of ether oxygens (including phenoxy) is 1. The molecule has 2 saturated carbocycles. The summed E-state index contributed by atoms with van der Waals surface area (Å²) in [4.78, 5) is 31.8. The van der Waals surface area contributed by atoms with E-state index in [1.54, 1.807) is 4.90 Å². The van der Waals surface area contributed by atoms with Gasteiger partial charge in [-0.15, -0.1) is 0 Å². The number of pyridine rings is 1. The van der Waals surface area contributed by atoms with Gasteiger partial charge in [-0.2, -0.15) is 18.3 Å². The number of aliphatic hydroxyl groups excluding tert-OH is 1. The minimum atomic E-state index is -4.87. The molecule has 14 heteroatoms. The molecule has 212 valence electrons. The summed E-state index contributed by atoms with van der Waals surface area (Å²) in [5.41, 5.74) is -3.00. The van der Waals surface area contributed by atoms with Crippen LogP contribution in [0.4, 0.5) is 17.6 Å². The molecule has 2 amide bonds. The van der Waals surface area contributed by atoms with Gasteiger partial charge in [0.05, 0.1) is 31.1 Å². The molecule has 39 heavy (non-hydrogen) atoms. The lowest BCUT2D eigenvalue weighted by Crippen LogP contribution is -2.58. The van der Waals surface area contributed by atoms with Crippen LogP contribution in [0.2, 0.25) is 0 Å². The number of H-pyrrole nitrogens is 1. The number of likely N-dealkylation sites (tertiary alicyclic amines) is 1. The average molecular weight is 556 g/mol. The second-order valence-corrected chi connectivity index (χ2v) is 10.7. The van der Waals surface area contributed by atoms with Gasteiger partial charge < -0.3 is 25.2 Å². The van der Waals surface area contributed by atoms with Gasteiger partial charge in [-0.25, -0.2) is 9.37 Å². The van der Waals surface area contributed by atoms with Crippen molar-refractivity contribution in [2.75, 3.05) is 13.7 Å². The van der Waals surface area contributed by atoms with Crippen molar-refractivity contribution in [1.82, 2.24) is 25.4 Å². The van der Waals surface area contributed by atoms with Crippen LogP contribution in [0, 0.1) is 11.7 Å². The maximum absolute atomic E-state index is 14.3. The number of alkyl halides is 3. The number of amides is 2. The maximum Gasteiger partial charge on any atom is 0.417 e. The highest BCUT2D eigenvalue weighted by molar-refractivity contribution is 5.94. The van der Waals surface area contributed by atoms with Crippen LogP contribution >= 0.6 is 0 Å². The Kier molecular flexibility index (Phi) is 6.82. The number of aromatic amines is 1. The van der Waals surface area contributed by atoms with Gasteiger partial charge in [-0.1, -0.05) is 0 Å². The van der Waals surface area contributed by atoms with Gasteiger partial charge in [0.15, 0.2) is 17.1 Å². The Balaban J connectivity index is 1.22. The first kappa shape index (κ1) is 27.3. The number of methoxy groups -OCH3 is 1. The van der Waals surface area contributed by atoms with Gasteiger partial charge in [0, 0.05) is 36.1 Å². The fourth-order valence-corrected chi connectivity index (χ4v) is 5.70. The third-order valence-corrected chi connectivity index (χ3v) is 8.21. The molecule has 2 aliphatic carbocycles. The first-order chi connectivity index (χ1) is 18.4. The summed E-state index contributed by atoms with van der Waals surface area (Å²) in [6.45, 7) is 0.262. The fraction of sp³-hybridized carbons (Fsp3) is 0.600. The van der Waals surface area contributed by atoms with Gasteiger partial charge >= 0.3 is 6.18 Å². The van der Waals surface area contributed by atoms with Crippen molar-refractivity contribution < 1.29 is 42.1 Å². The Bertz CT molecular complexity index is 1270. The van der Waals surface area contributed by atoms with E-state index in [2.05, 4.69) is 20.5 Å². The maximum atomic E-state index is 14.3. The molecule has 0 aromatic carbocycles. The molecule has 3 aliphatic rings. The SMILES string of the molecule is COc1cc(-c2cc(C(=O)N3CC[C@H](C(=O)N[C@H]4CC[C@](O)(C(F)(F)F)C[C@@H]4O)CC34CC4)n[nH]2)c(F)cn1. The average Bonchev–Trinajstić information content (AvgIpc) is 3.46. The molecular formula is C25H29F4N5O5. The molecule has 2 aromatic rings. The van der Waals surface area contributed by atoms with E-state index < -0.39 is 54.0 Å². The minimum Gasteiger partial charge on any atom is -0.481 e. The quantitative estimate of drug-likeness (QED) is 0.415. The van der Waals surface area contributed by atoms with Crippen molar-refractivity contribution in [2.45, 2.75) is 74.4 Å². The topological polar surface area (TPSA) is 141 Å². The first-order valence-corrected chi connectivity index (χ1v) is 12.7. The van der Waals surface area contributed by atoms with E-state index in [0.29, 0.717) is 25.7 Å². The Morgan fingerprint density at radius 1 is 1.21 bits per heavy atom. The Morgan fingerprint density at radius 3 is 2.59 bits per heavy atom. The lowest BCUT2D eigenvalue weighted by atomic mass is 9.79. The number of aromatic nitrogens is 3. The van der Waals surface area contributed by atoms with Crippen LogP contribution in [0.25, 0.3) is 11.3 Å². The molecule has 1 spiro atoms. The molecule has 10 nitrogen and oxygen atoms in total. The molecular weight excluding hydrogens is 526 g/mol. The Labute approximate surface area is 220 Å². The third kappa shape index (κ3) is 5.07. The second kappa shape index (κ2) is 9.73. The van der Waals surface area contributed by atoms with Gasteiger partial charge in [0.25, 0.3) is 5.91 Å². The molecule has 3 heterocycles. The van der Waals surface area contributed by atoms with E-state index in [9.17, 15) is 37.4 Å². The number of carbonyl (C=O) groups is 2. The number of carbonyl (C=O) groups excluding carboxylic acids is 2. The number of piperidine rings is 1. The lowest BCUT2D eigenvalue weighted by Gasteiger charge is -2.42. The molecule has 0 radical (unpaired) electrons. The molecule has 4 atom stereocenters. The van der Waals surface area contributed by atoms with Crippen LogP contribution in [0.5, 0.6) is 5.88 Å². The molecule has 3 fully saturated rings. The van der Waals surface area contributed by atoms with Crippen LogP contribution in [0.15, 0.2) is 18.3 Å².